The Morgan fingerprint density at radius 2 is 1.73 bits per heavy atom. The van der Waals surface area contributed by atoms with Crippen molar-refractivity contribution in [1.82, 2.24) is 10.6 Å². The SMILES string of the molecule is CCC(CC)O[C@@H]1C=C(P(=O)(OC)O[C@H]2[C@H]3OC(c4ccccc4)OC[C@H]3O[C@@H](OC)[C@@H]2OCOC)C[C@H](NC(=O)OC(C)(C)C)[C@H]1NC(C)=O. The Labute approximate surface area is 300 Å². The molecule has 1 aromatic carbocycles. The summed E-state index contributed by atoms with van der Waals surface area (Å²) in [6, 6.07) is 7.81. The lowest BCUT2D eigenvalue weighted by Gasteiger charge is -2.49. The highest BCUT2D eigenvalue weighted by Gasteiger charge is 2.55. The lowest BCUT2D eigenvalue weighted by Crippen LogP contribution is -2.63. The molecule has 10 atom stereocenters. The van der Waals surface area contributed by atoms with Crippen LogP contribution in [0.4, 0.5) is 4.79 Å². The molecule has 2 amide bonds. The van der Waals surface area contributed by atoms with E-state index in [4.69, 9.17) is 46.9 Å². The van der Waals surface area contributed by atoms with Crippen molar-refractivity contribution >= 4 is 19.6 Å². The van der Waals surface area contributed by atoms with E-state index in [1.54, 1.807) is 26.8 Å². The van der Waals surface area contributed by atoms with E-state index in [0.717, 1.165) is 5.56 Å². The van der Waals surface area contributed by atoms with Crippen LogP contribution >= 0.6 is 7.60 Å². The summed E-state index contributed by atoms with van der Waals surface area (Å²) in [6.45, 7) is 10.5. The molecule has 2 heterocycles. The molecule has 0 spiro atoms. The fourth-order valence-electron chi connectivity index (χ4n) is 6.34. The van der Waals surface area contributed by atoms with Crippen molar-refractivity contribution in [3.63, 3.8) is 0 Å². The predicted molar refractivity (Wildman–Crippen MR) is 185 cm³/mol. The molecular weight excluding hydrogens is 687 g/mol. The van der Waals surface area contributed by atoms with E-state index in [1.807, 2.05) is 44.2 Å². The van der Waals surface area contributed by atoms with Crippen LogP contribution in [-0.2, 0) is 56.3 Å². The summed E-state index contributed by atoms with van der Waals surface area (Å²) in [7, 11) is -0.0584. The zero-order chi connectivity index (χ0) is 37.3. The van der Waals surface area contributed by atoms with Crippen molar-refractivity contribution in [1.29, 1.82) is 0 Å². The number of rotatable bonds is 15. The molecule has 16 heteroatoms. The lowest BCUT2D eigenvalue weighted by molar-refractivity contribution is -0.364. The third kappa shape index (κ3) is 10.8. The Morgan fingerprint density at radius 3 is 2.31 bits per heavy atom. The number of ether oxygens (including phenoxy) is 8. The second-order valence-corrected chi connectivity index (χ2v) is 15.8. The van der Waals surface area contributed by atoms with E-state index in [9.17, 15) is 9.59 Å². The number of amides is 2. The fourth-order valence-corrected chi connectivity index (χ4v) is 8.10. The number of carbonyl (C=O) groups is 2. The maximum atomic E-state index is 15.2. The largest absolute Gasteiger partial charge is 0.444 e. The van der Waals surface area contributed by atoms with Gasteiger partial charge in [0, 0.05) is 45.6 Å². The highest BCUT2D eigenvalue weighted by Crippen LogP contribution is 2.61. The summed E-state index contributed by atoms with van der Waals surface area (Å²) in [5, 5.41) is 6.02. The highest BCUT2D eigenvalue weighted by molar-refractivity contribution is 7.58. The van der Waals surface area contributed by atoms with Gasteiger partial charge in [0.2, 0.25) is 5.91 Å². The van der Waals surface area contributed by atoms with Gasteiger partial charge in [0.15, 0.2) is 12.6 Å². The Bertz CT molecular complexity index is 1350. The van der Waals surface area contributed by atoms with Crippen LogP contribution in [0.2, 0.25) is 0 Å². The smallest absolute Gasteiger partial charge is 0.407 e. The summed E-state index contributed by atoms with van der Waals surface area (Å²) in [6.07, 6.45) is -4.16. The molecule has 3 aliphatic rings. The molecule has 288 valence electrons. The van der Waals surface area contributed by atoms with Crippen molar-refractivity contribution in [2.75, 3.05) is 34.7 Å². The van der Waals surface area contributed by atoms with Crippen LogP contribution in [0.1, 0.15) is 72.7 Å². The summed E-state index contributed by atoms with van der Waals surface area (Å²) >= 11 is 0. The van der Waals surface area contributed by atoms with Crippen LogP contribution in [0.5, 0.6) is 0 Å². The third-order valence-corrected chi connectivity index (χ3v) is 10.8. The highest BCUT2D eigenvalue weighted by atomic mass is 31.2. The van der Waals surface area contributed by atoms with Crippen molar-refractivity contribution in [3.8, 4) is 0 Å². The molecule has 2 N–H and O–H groups in total. The second-order valence-electron chi connectivity index (χ2n) is 13.6. The molecule has 0 bridgehead atoms. The van der Waals surface area contributed by atoms with Gasteiger partial charge in [-0.2, -0.15) is 0 Å². The first-order valence-electron chi connectivity index (χ1n) is 17.3. The average molecular weight is 743 g/mol. The minimum atomic E-state index is -4.26. The average Bonchev–Trinajstić information content (AvgIpc) is 3.09. The maximum Gasteiger partial charge on any atom is 0.407 e. The quantitative estimate of drug-likeness (QED) is 0.183. The molecule has 2 aliphatic heterocycles. The Hall–Kier alpha value is -2.43. The predicted octanol–water partition coefficient (Wildman–Crippen LogP) is 4.95. The summed E-state index contributed by atoms with van der Waals surface area (Å²) in [5.41, 5.74) is -0.0304. The van der Waals surface area contributed by atoms with Gasteiger partial charge in [0.1, 0.15) is 36.8 Å². The normalized spacial score (nSPS) is 30.9. The molecule has 2 fully saturated rings. The van der Waals surface area contributed by atoms with E-state index in [-0.39, 0.29) is 37.1 Å². The maximum absolute atomic E-state index is 15.2. The Morgan fingerprint density at radius 1 is 1.02 bits per heavy atom. The van der Waals surface area contributed by atoms with E-state index in [2.05, 4.69) is 10.6 Å². The number of carbonyl (C=O) groups excluding carboxylic acids is 2. The van der Waals surface area contributed by atoms with Gasteiger partial charge in [0.05, 0.1) is 30.9 Å². The van der Waals surface area contributed by atoms with Crippen LogP contribution in [0.15, 0.2) is 41.7 Å². The van der Waals surface area contributed by atoms with E-state index < -0.39 is 74.5 Å². The molecule has 0 aromatic heterocycles. The number of hydrogen-bond acceptors (Lipinski definition) is 13. The molecule has 2 saturated heterocycles. The van der Waals surface area contributed by atoms with E-state index in [0.29, 0.717) is 12.8 Å². The van der Waals surface area contributed by atoms with E-state index in [1.165, 1.54) is 28.3 Å². The van der Waals surface area contributed by atoms with Gasteiger partial charge in [-0.3, -0.25) is 13.9 Å². The minimum absolute atomic E-state index is 0.0384. The van der Waals surface area contributed by atoms with Crippen LogP contribution in [0, 0.1) is 0 Å². The number of hydrogen-bond donors (Lipinski definition) is 2. The molecule has 0 radical (unpaired) electrons. The first-order valence-corrected chi connectivity index (χ1v) is 18.9. The number of fused-ring (bicyclic) bond motifs is 1. The van der Waals surface area contributed by atoms with Gasteiger partial charge in [-0.15, -0.1) is 0 Å². The topological polar surface area (TPSA) is 168 Å². The lowest BCUT2D eigenvalue weighted by atomic mass is 9.92. The minimum Gasteiger partial charge on any atom is -0.444 e. The molecular formula is C35H55N2O13P. The van der Waals surface area contributed by atoms with Crippen molar-refractivity contribution < 1.29 is 61.1 Å². The molecule has 1 aliphatic carbocycles. The van der Waals surface area contributed by atoms with Gasteiger partial charge in [-0.25, -0.2) is 4.79 Å². The van der Waals surface area contributed by atoms with Crippen LogP contribution in [0.3, 0.4) is 0 Å². The van der Waals surface area contributed by atoms with Gasteiger partial charge in [-0.1, -0.05) is 44.2 Å². The van der Waals surface area contributed by atoms with Crippen LogP contribution in [0.25, 0.3) is 0 Å². The molecule has 15 nitrogen and oxygen atoms in total. The summed E-state index contributed by atoms with van der Waals surface area (Å²) < 4.78 is 75.2. The first-order chi connectivity index (χ1) is 24.2. The first kappa shape index (κ1) is 41.3. The molecule has 0 saturated carbocycles. The van der Waals surface area contributed by atoms with Crippen molar-refractivity contribution in [2.24, 2.45) is 0 Å². The molecule has 1 aromatic rings. The number of methoxy groups -OCH3 is 2. The molecule has 2 unspecified atom stereocenters. The van der Waals surface area contributed by atoms with Crippen LogP contribution < -0.4 is 10.6 Å². The van der Waals surface area contributed by atoms with E-state index >= 15 is 4.57 Å². The summed E-state index contributed by atoms with van der Waals surface area (Å²) in [5.74, 6) is -0.334. The van der Waals surface area contributed by atoms with Gasteiger partial charge in [-0.05, 0) is 39.7 Å². The third-order valence-electron chi connectivity index (χ3n) is 8.72. The Kier molecular flexibility index (Phi) is 15.0. The fraction of sp³-hybridized carbons (Fsp3) is 0.714. The van der Waals surface area contributed by atoms with Gasteiger partial charge in [0.25, 0.3) is 0 Å². The monoisotopic (exact) mass is 742 g/mol. The second kappa shape index (κ2) is 18.6. The van der Waals surface area contributed by atoms with Gasteiger partial charge >= 0.3 is 13.7 Å². The molecule has 4 rings (SSSR count). The molecule has 51 heavy (non-hydrogen) atoms. The zero-order valence-corrected chi connectivity index (χ0v) is 31.9. The Balaban J connectivity index is 1.76. The number of benzene rings is 1. The summed E-state index contributed by atoms with van der Waals surface area (Å²) in [4.78, 5) is 25.6. The van der Waals surface area contributed by atoms with Crippen molar-refractivity contribution in [3.05, 3.63) is 47.3 Å². The standard InChI is InChI=1S/C35H55N2O13P/c1-10-23(11-2)46-26-18-24(17-25(28(26)36-21(3)38)37-34(39)49-35(4,5)6)51(40,43-9)50-30-29-27(47-33(42-8)31(30)45-20-41-7)19-44-32(48-29)22-15-13-12-14-16-22/h12-16,18,23,25-33H,10-11,17,19-20H2,1-9H3,(H,36,38)(H,37,39)/t25-,26+,27+,28+,29-,30-,31+,32?,33+,51?/m0/s1. The zero-order valence-electron chi connectivity index (χ0n) is 31.0. The van der Waals surface area contributed by atoms with Crippen LogP contribution in [-0.4, -0.2) is 107 Å². The van der Waals surface area contributed by atoms with Gasteiger partial charge < -0.3 is 53.1 Å². The number of nitrogens with one attached hydrogen (secondary N) is 2. The van der Waals surface area contributed by atoms with Crippen molar-refractivity contribution in [2.45, 2.75) is 128 Å². The number of alkyl carbamates (subject to hydrolysis) is 1.